The van der Waals surface area contributed by atoms with E-state index in [4.69, 9.17) is 10.5 Å². The third-order valence-corrected chi connectivity index (χ3v) is 4.07. The first-order valence-electron chi connectivity index (χ1n) is 6.79. The minimum absolute atomic E-state index is 0.0221. The average Bonchev–Trinajstić information content (AvgIpc) is 2.32. The molecule has 0 spiro atoms. The van der Waals surface area contributed by atoms with E-state index in [0.29, 0.717) is 6.61 Å². The fraction of sp³-hybridized carbons (Fsp3) is 0.571. The van der Waals surface area contributed by atoms with Crippen LogP contribution in [-0.4, -0.2) is 18.8 Å². The minimum atomic E-state index is -4.07. The number of fused-ring (bicyclic) bond motifs is 1. The van der Waals surface area contributed by atoms with E-state index in [2.05, 4.69) is 5.32 Å². The van der Waals surface area contributed by atoms with E-state index >= 15 is 0 Å². The molecule has 6 heteroatoms. The van der Waals surface area contributed by atoms with Crippen molar-refractivity contribution in [1.29, 1.82) is 0 Å². The summed E-state index contributed by atoms with van der Waals surface area (Å²) in [6, 6.07) is 5.44. The molecule has 1 fully saturated rings. The first-order chi connectivity index (χ1) is 9.43. The van der Waals surface area contributed by atoms with Crippen LogP contribution in [-0.2, 0) is 0 Å². The number of ether oxygens (including phenoxy) is 1. The molecule has 0 amide bonds. The molecule has 1 saturated carbocycles. The summed E-state index contributed by atoms with van der Waals surface area (Å²) in [5, 5.41) is 3.12. The predicted octanol–water partition coefficient (Wildman–Crippen LogP) is 3.22. The number of anilines is 1. The van der Waals surface area contributed by atoms with Crippen LogP contribution < -0.4 is 15.8 Å². The van der Waals surface area contributed by atoms with E-state index in [1.807, 2.05) is 18.2 Å². The van der Waals surface area contributed by atoms with Gasteiger partial charge in [-0.15, -0.1) is 0 Å². The summed E-state index contributed by atoms with van der Waals surface area (Å²) in [6.07, 6.45) is -3.00. The summed E-state index contributed by atoms with van der Waals surface area (Å²) in [5.74, 6) is -0.428. The van der Waals surface area contributed by atoms with Gasteiger partial charge in [0.05, 0.1) is 12.5 Å². The number of rotatable bonds is 2. The minimum Gasteiger partial charge on any atom is -0.493 e. The molecule has 110 valence electrons. The van der Waals surface area contributed by atoms with E-state index in [1.54, 1.807) is 0 Å². The summed E-state index contributed by atoms with van der Waals surface area (Å²) >= 11 is 0. The van der Waals surface area contributed by atoms with Crippen molar-refractivity contribution in [3.8, 4) is 5.75 Å². The van der Waals surface area contributed by atoms with Crippen LogP contribution in [0.15, 0.2) is 18.2 Å². The molecule has 0 bridgehead atoms. The van der Waals surface area contributed by atoms with Gasteiger partial charge in [0.15, 0.2) is 0 Å². The molecule has 1 atom stereocenters. The summed E-state index contributed by atoms with van der Waals surface area (Å²) in [6.45, 7) is 0.581. The van der Waals surface area contributed by atoms with Crippen molar-refractivity contribution in [3.63, 3.8) is 0 Å². The van der Waals surface area contributed by atoms with Crippen LogP contribution in [0.4, 0.5) is 18.9 Å². The monoisotopic (exact) mass is 286 g/mol. The maximum absolute atomic E-state index is 12.4. The first-order valence-corrected chi connectivity index (χ1v) is 6.79. The molecule has 1 unspecified atom stereocenters. The largest absolute Gasteiger partial charge is 0.493 e. The van der Waals surface area contributed by atoms with E-state index in [1.165, 1.54) is 0 Å². The quantitative estimate of drug-likeness (QED) is 0.877. The number of benzene rings is 1. The third kappa shape index (κ3) is 2.57. The van der Waals surface area contributed by atoms with Gasteiger partial charge in [-0.2, -0.15) is 13.2 Å². The van der Waals surface area contributed by atoms with Gasteiger partial charge in [-0.25, -0.2) is 0 Å². The zero-order valence-corrected chi connectivity index (χ0v) is 10.9. The van der Waals surface area contributed by atoms with Crippen molar-refractivity contribution in [2.75, 3.05) is 11.9 Å². The zero-order chi connectivity index (χ0) is 14.3. The fourth-order valence-corrected chi connectivity index (χ4v) is 2.75. The highest BCUT2D eigenvalue weighted by Crippen LogP contribution is 2.42. The molecule has 1 aliphatic carbocycles. The second-order valence-corrected chi connectivity index (χ2v) is 5.55. The van der Waals surface area contributed by atoms with Gasteiger partial charge in [0.1, 0.15) is 5.75 Å². The Balaban J connectivity index is 1.63. The van der Waals surface area contributed by atoms with Crippen LogP contribution in [0.5, 0.6) is 5.75 Å². The van der Waals surface area contributed by atoms with Crippen molar-refractivity contribution < 1.29 is 17.9 Å². The number of hydrogen-bond acceptors (Lipinski definition) is 3. The number of nitrogens with two attached hydrogens (primary N) is 1. The van der Waals surface area contributed by atoms with Gasteiger partial charge in [0.2, 0.25) is 0 Å². The lowest BCUT2D eigenvalue weighted by molar-refractivity contribution is -0.195. The molecule has 0 aromatic heterocycles. The second-order valence-electron chi connectivity index (χ2n) is 5.55. The smallest absolute Gasteiger partial charge is 0.391 e. The van der Waals surface area contributed by atoms with Crippen LogP contribution >= 0.6 is 0 Å². The van der Waals surface area contributed by atoms with E-state index in [9.17, 15) is 13.2 Å². The Morgan fingerprint density at radius 2 is 2.00 bits per heavy atom. The molecule has 1 aromatic carbocycles. The number of hydrogen-bond donors (Lipinski definition) is 2. The van der Waals surface area contributed by atoms with Crippen molar-refractivity contribution >= 4 is 5.69 Å². The highest BCUT2D eigenvalue weighted by atomic mass is 19.4. The Morgan fingerprint density at radius 1 is 1.25 bits per heavy atom. The van der Waals surface area contributed by atoms with Crippen molar-refractivity contribution in [1.82, 2.24) is 0 Å². The van der Waals surface area contributed by atoms with Crippen LogP contribution in [0.2, 0.25) is 0 Å². The molecule has 0 radical (unpaired) electrons. The Labute approximate surface area is 115 Å². The first kappa shape index (κ1) is 13.5. The zero-order valence-electron chi connectivity index (χ0n) is 10.9. The summed E-state index contributed by atoms with van der Waals surface area (Å²) in [7, 11) is 0. The lowest BCUT2D eigenvalue weighted by atomic mass is 9.79. The molecular weight excluding hydrogens is 269 g/mol. The summed E-state index contributed by atoms with van der Waals surface area (Å²) < 4.78 is 42.8. The SMILES string of the molecule is NC1CCOc2cc(NC3CC(C(F)(F)F)C3)ccc21. The maximum atomic E-state index is 12.4. The van der Waals surface area contributed by atoms with Gasteiger partial charge in [-0.05, 0) is 18.9 Å². The van der Waals surface area contributed by atoms with Gasteiger partial charge < -0.3 is 15.8 Å². The molecule has 3 rings (SSSR count). The van der Waals surface area contributed by atoms with Crippen LogP contribution in [0, 0.1) is 5.92 Å². The van der Waals surface area contributed by atoms with E-state index < -0.39 is 12.1 Å². The lowest BCUT2D eigenvalue weighted by Crippen LogP contribution is -2.43. The van der Waals surface area contributed by atoms with Gasteiger partial charge >= 0.3 is 6.18 Å². The number of nitrogens with one attached hydrogen (secondary N) is 1. The normalized spacial score (nSPS) is 29.1. The van der Waals surface area contributed by atoms with E-state index in [0.717, 1.165) is 23.4 Å². The highest BCUT2D eigenvalue weighted by molar-refractivity contribution is 5.54. The van der Waals surface area contributed by atoms with Gasteiger partial charge in [-0.1, -0.05) is 6.07 Å². The second kappa shape index (κ2) is 4.84. The van der Waals surface area contributed by atoms with Crippen LogP contribution in [0.3, 0.4) is 0 Å². The molecule has 1 aromatic rings. The summed E-state index contributed by atoms with van der Waals surface area (Å²) in [5.41, 5.74) is 7.73. The van der Waals surface area contributed by atoms with Gasteiger partial charge in [0.25, 0.3) is 0 Å². The molecule has 2 aliphatic rings. The maximum Gasteiger partial charge on any atom is 0.391 e. The van der Waals surface area contributed by atoms with Gasteiger partial charge in [-0.3, -0.25) is 0 Å². The van der Waals surface area contributed by atoms with Crippen LogP contribution in [0.1, 0.15) is 30.9 Å². The van der Waals surface area contributed by atoms with Crippen molar-refractivity contribution in [2.45, 2.75) is 37.5 Å². The average molecular weight is 286 g/mol. The molecular formula is C14H17F3N2O. The van der Waals surface area contributed by atoms with E-state index in [-0.39, 0.29) is 24.9 Å². The summed E-state index contributed by atoms with van der Waals surface area (Å²) in [4.78, 5) is 0. The highest BCUT2D eigenvalue weighted by Gasteiger charge is 2.47. The Kier molecular flexibility index (Phi) is 3.28. The Hall–Kier alpha value is -1.43. The molecule has 1 heterocycles. The Morgan fingerprint density at radius 3 is 2.70 bits per heavy atom. The molecule has 1 aliphatic heterocycles. The number of alkyl halides is 3. The lowest BCUT2D eigenvalue weighted by Gasteiger charge is -2.37. The Bertz CT molecular complexity index is 498. The standard InChI is InChI=1S/C14H17F3N2O/c15-14(16,17)8-5-10(6-8)19-9-1-2-11-12(18)3-4-20-13(11)7-9/h1-2,7-8,10,12,19H,3-6,18H2. The number of halogens is 3. The van der Waals surface area contributed by atoms with Crippen molar-refractivity contribution in [2.24, 2.45) is 11.7 Å². The molecule has 3 N–H and O–H groups in total. The van der Waals surface area contributed by atoms with Crippen LogP contribution in [0.25, 0.3) is 0 Å². The molecule has 3 nitrogen and oxygen atoms in total. The predicted molar refractivity (Wildman–Crippen MR) is 69.7 cm³/mol. The fourth-order valence-electron chi connectivity index (χ4n) is 2.75. The molecule has 0 saturated heterocycles. The molecule has 20 heavy (non-hydrogen) atoms. The van der Waals surface area contributed by atoms with Crippen molar-refractivity contribution in [3.05, 3.63) is 23.8 Å². The third-order valence-electron chi connectivity index (χ3n) is 4.07. The topological polar surface area (TPSA) is 47.3 Å². The van der Waals surface area contributed by atoms with Gasteiger partial charge in [0, 0.05) is 35.8 Å².